The predicted octanol–water partition coefficient (Wildman–Crippen LogP) is 4.07. The van der Waals surface area contributed by atoms with E-state index in [1.165, 1.54) is 4.90 Å². The molecular weight excluding hydrogens is 333 g/mol. The molecule has 4 nitrogen and oxygen atoms in total. The Morgan fingerprint density at radius 1 is 1.29 bits per heavy atom. The highest BCUT2D eigenvalue weighted by molar-refractivity contribution is 8.18. The summed E-state index contributed by atoms with van der Waals surface area (Å²) in [7, 11) is 1.58. The second-order valence-corrected chi connectivity index (χ2v) is 6.16. The van der Waals surface area contributed by atoms with Crippen molar-refractivity contribution in [2.75, 3.05) is 20.3 Å². The zero-order valence-corrected chi connectivity index (χ0v) is 13.6. The fourth-order valence-electron chi connectivity index (χ4n) is 1.81. The first-order valence-corrected chi connectivity index (χ1v) is 7.79. The van der Waals surface area contributed by atoms with Crippen molar-refractivity contribution in [1.82, 2.24) is 4.90 Å². The molecule has 0 saturated carbocycles. The molecule has 0 atom stereocenters. The Balaban J connectivity index is 2.13. The zero-order valence-electron chi connectivity index (χ0n) is 11.3. The van der Waals surface area contributed by atoms with E-state index in [2.05, 4.69) is 0 Å². The van der Waals surface area contributed by atoms with E-state index in [0.29, 0.717) is 34.5 Å². The third kappa shape index (κ3) is 4.01. The molecular formula is C14H13Cl2NO3S. The van der Waals surface area contributed by atoms with Crippen LogP contribution in [0.4, 0.5) is 4.79 Å². The van der Waals surface area contributed by atoms with Gasteiger partial charge in [-0.3, -0.25) is 14.5 Å². The SMILES string of the molecule is COCCCN1C(=O)S/C(=C/c2ccc(Cl)c(Cl)c2)C1=O. The van der Waals surface area contributed by atoms with Crippen molar-refractivity contribution in [3.05, 3.63) is 38.7 Å². The lowest BCUT2D eigenvalue weighted by Gasteiger charge is -2.11. The summed E-state index contributed by atoms with van der Waals surface area (Å²) < 4.78 is 4.92. The Hall–Kier alpha value is -1.01. The number of hydrogen-bond donors (Lipinski definition) is 0. The summed E-state index contributed by atoms with van der Waals surface area (Å²) in [5, 5.41) is 0.591. The number of ether oxygens (including phenoxy) is 1. The lowest BCUT2D eigenvalue weighted by atomic mass is 10.2. The molecule has 112 valence electrons. The van der Waals surface area contributed by atoms with Gasteiger partial charge in [0.1, 0.15) is 0 Å². The van der Waals surface area contributed by atoms with Crippen LogP contribution in [0.15, 0.2) is 23.1 Å². The molecule has 2 amide bonds. The van der Waals surface area contributed by atoms with Crippen molar-refractivity contribution in [1.29, 1.82) is 0 Å². The predicted molar refractivity (Wildman–Crippen MR) is 85.6 cm³/mol. The number of thioether (sulfide) groups is 1. The molecule has 1 aliphatic rings. The maximum atomic E-state index is 12.2. The Morgan fingerprint density at radius 2 is 2.05 bits per heavy atom. The fourth-order valence-corrected chi connectivity index (χ4v) is 2.98. The van der Waals surface area contributed by atoms with E-state index in [9.17, 15) is 9.59 Å². The molecule has 0 unspecified atom stereocenters. The third-order valence-corrected chi connectivity index (χ3v) is 4.49. The fraction of sp³-hybridized carbons (Fsp3) is 0.286. The van der Waals surface area contributed by atoms with E-state index >= 15 is 0 Å². The second-order valence-electron chi connectivity index (χ2n) is 4.35. The highest BCUT2D eigenvalue weighted by Gasteiger charge is 2.34. The second kappa shape index (κ2) is 7.31. The Kier molecular flexibility index (Phi) is 5.70. The van der Waals surface area contributed by atoms with Crippen LogP contribution in [-0.4, -0.2) is 36.3 Å². The number of hydrogen-bond acceptors (Lipinski definition) is 4. The van der Waals surface area contributed by atoms with Crippen LogP contribution < -0.4 is 0 Å². The first-order valence-electron chi connectivity index (χ1n) is 6.22. The van der Waals surface area contributed by atoms with Gasteiger partial charge in [-0.25, -0.2) is 0 Å². The van der Waals surface area contributed by atoms with Gasteiger partial charge in [-0.05, 0) is 42.0 Å². The van der Waals surface area contributed by atoms with Crippen LogP contribution in [-0.2, 0) is 9.53 Å². The highest BCUT2D eigenvalue weighted by Crippen LogP contribution is 2.33. The van der Waals surface area contributed by atoms with Crippen LogP contribution in [0.3, 0.4) is 0 Å². The number of amides is 2. The highest BCUT2D eigenvalue weighted by atomic mass is 35.5. The van der Waals surface area contributed by atoms with E-state index in [-0.39, 0.29) is 11.1 Å². The lowest BCUT2D eigenvalue weighted by molar-refractivity contribution is -0.122. The molecule has 1 aliphatic heterocycles. The molecule has 1 saturated heterocycles. The molecule has 7 heteroatoms. The summed E-state index contributed by atoms with van der Waals surface area (Å²) in [4.78, 5) is 25.6. The van der Waals surface area contributed by atoms with Crippen molar-refractivity contribution in [3.63, 3.8) is 0 Å². The Labute approximate surface area is 137 Å². The quantitative estimate of drug-likeness (QED) is 0.596. The number of imide groups is 1. The number of benzene rings is 1. The molecule has 2 rings (SSSR count). The van der Waals surface area contributed by atoms with Crippen LogP contribution in [0.25, 0.3) is 6.08 Å². The van der Waals surface area contributed by atoms with Crippen LogP contribution >= 0.6 is 35.0 Å². The van der Waals surface area contributed by atoms with Gasteiger partial charge < -0.3 is 4.74 Å². The number of nitrogens with zero attached hydrogens (tertiary/aromatic N) is 1. The van der Waals surface area contributed by atoms with E-state index in [1.54, 1.807) is 31.4 Å². The maximum Gasteiger partial charge on any atom is 0.293 e. The summed E-state index contributed by atoms with van der Waals surface area (Å²) in [6.45, 7) is 0.866. The van der Waals surface area contributed by atoms with Crippen LogP contribution in [0.1, 0.15) is 12.0 Å². The number of rotatable bonds is 5. The minimum Gasteiger partial charge on any atom is -0.385 e. The first-order chi connectivity index (χ1) is 10.0. The smallest absolute Gasteiger partial charge is 0.293 e. The van der Waals surface area contributed by atoms with Crippen LogP contribution in [0, 0.1) is 0 Å². The minimum absolute atomic E-state index is 0.262. The first kappa shape index (κ1) is 16.4. The third-order valence-electron chi connectivity index (χ3n) is 2.85. The number of methoxy groups -OCH3 is 1. The molecule has 0 aliphatic carbocycles. The van der Waals surface area contributed by atoms with Gasteiger partial charge in [-0.15, -0.1) is 0 Å². The standard InChI is InChI=1S/C14H13Cl2NO3S/c1-20-6-2-5-17-13(18)12(21-14(17)19)8-9-3-4-10(15)11(16)7-9/h3-4,7-8H,2,5-6H2,1H3/b12-8+. The average molecular weight is 346 g/mol. The van der Waals surface area contributed by atoms with Crippen molar-refractivity contribution < 1.29 is 14.3 Å². The van der Waals surface area contributed by atoms with Gasteiger partial charge in [0, 0.05) is 20.3 Å². The Morgan fingerprint density at radius 3 is 2.71 bits per heavy atom. The molecule has 0 spiro atoms. The van der Waals surface area contributed by atoms with Crippen LogP contribution in [0.5, 0.6) is 0 Å². The zero-order chi connectivity index (χ0) is 15.4. The molecule has 1 aromatic rings. The summed E-state index contributed by atoms with van der Waals surface area (Å²) in [6, 6.07) is 5.05. The van der Waals surface area contributed by atoms with Gasteiger partial charge in [0.15, 0.2) is 0 Å². The molecule has 1 fully saturated rings. The summed E-state index contributed by atoms with van der Waals surface area (Å²) in [5.74, 6) is -0.285. The monoisotopic (exact) mass is 345 g/mol. The molecule has 21 heavy (non-hydrogen) atoms. The van der Waals surface area contributed by atoms with E-state index in [4.69, 9.17) is 27.9 Å². The molecule has 1 heterocycles. The largest absolute Gasteiger partial charge is 0.385 e. The van der Waals surface area contributed by atoms with Crippen molar-refractivity contribution in [2.24, 2.45) is 0 Å². The molecule has 0 bridgehead atoms. The molecule has 0 N–H and O–H groups in total. The average Bonchev–Trinajstić information content (AvgIpc) is 2.70. The number of carbonyl (C=O) groups excluding carboxylic acids is 2. The minimum atomic E-state index is -0.285. The summed E-state index contributed by atoms with van der Waals surface area (Å²) >= 11 is 12.7. The Bertz CT molecular complexity index is 604. The van der Waals surface area contributed by atoms with Gasteiger partial charge in [0.2, 0.25) is 0 Å². The topological polar surface area (TPSA) is 46.6 Å². The van der Waals surface area contributed by atoms with E-state index in [1.807, 2.05) is 0 Å². The molecule has 0 radical (unpaired) electrons. The van der Waals surface area contributed by atoms with E-state index < -0.39 is 0 Å². The van der Waals surface area contributed by atoms with Gasteiger partial charge in [0.05, 0.1) is 15.0 Å². The summed E-state index contributed by atoms with van der Waals surface area (Å²) in [5.41, 5.74) is 0.729. The maximum absolute atomic E-state index is 12.2. The molecule has 1 aromatic carbocycles. The normalized spacial score (nSPS) is 17.1. The molecule has 0 aromatic heterocycles. The van der Waals surface area contributed by atoms with Gasteiger partial charge in [0.25, 0.3) is 11.1 Å². The van der Waals surface area contributed by atoms with Crippen molar-refractivity contribution in [3.8, 4) is 0 Å². The van der Waals surface area contributed by atoms with Crippen molar-refractivity contribution in [2.45, 2.75) is 6.42 Å². The van der Waals surface area contributed by atoms with E-state index in [0.717, 1.165) is 17.3 Å². The number of halogens is 2. The van der Waals surface area contributed by atoms with Gasteiger partial charge >= 0.3 is 0 Å². The van der Waals surface area contributed by atoms with Crippen molar-refractivity contribution >= 4 is 52.2 Å². The number of carbonyl (C=O) groups is 2. The van der Waals surface area contributed by atoms with Gasteiger partial charge in [-0.2, -0.15) is 0 Å². The summed E-state index contributed by atoms with van der Waals surface area (Å²) in [6.07, 6.45) is 2.26. The van der Waals surface area contributed by atoms with Gasteiger partial charge in [-0.1, -0.05) is 29.3 Å². The lowest BCUT2D eigenvalue weighted by Crippen LogP contribution is -2.29. The van der Waals surface area contributed by atoms with Crippen LogP contribution in [0.2, 0.25) is 10.0 Å².